The second-order valence-electron chi connectivity index (χ2n) is 3.71. The Morgan fingerprint density at radius 2 is 1.85 bits per heavy atom. The van der Waals surface area contributed by atoms with Crippen molar-refractivity contribution < 1.29 is 15.0 Å². The Bertz CT molecular complexity index is 568. The van der Waals surface area contributed by atoms with Crippen molar-refractivity contribution in [1.82, 2.24) is 10.4 Å². The van der Waals surface area contributed by atoms with Crippen LogP contribution in [0.3, 0.4) is 0 Å². The molecule has 0 saturated carbocycles. The van der Waals surface area contributed by atoms with E-state index in [1.807, 2.05) is 0 Å². The van der Waals surface area contributed by atoms with Crippen LogP contribution < -0.4 is 10.2 Å². The van der Waals surface area contributed by atoms with Crippen LogP contribution in [0.25, 0.3) is 0 Å². The summed E-state index contributed by atoms with van der Waals surface area (Å²) in [4.78, 5) is 15.6. The number of amides is 1. The number of nitrogens with one attached hydrogen (secondary N) is 1. The Kier molecular flexibility index (Phi) is 5.86. The van der Waals surface area contributed by atoms with Crippen molar-refractivity contribution in [3.8, 4) is 5.75 Å². The number of hydrogen-bond acceptors (Lipinski definition) is 4. The van der Waals surface area contributed by atoms with E-state index in [0.717, 1.165) is 5.56 Å². The minimum absolute atomic E-state index is 0. The lowest BCUT2D eigenvalue weighted by molar-refractivity contribution is 0.0955. The number of methoxy groups -OCH3 is 1. The van der Waals surface area contributed by atoms with E-state index in [-0.39, 0.29) is 11.4 Å². The van der Waals surface area contributed by atoms with Crippen molar-refractivity contribution in [3.63, 3.8) is 0 Å². The van der Waals surface area contributed by atoms with Gasteiger partial charge in [-0.15, -0.1) is 0 Å². The highest BCUT2D eigenvalue weighted by Crippen LogP contribution is 2.10. The van der Waals surface area contributed by atoms with Crippen LogP contribution in [0.5, 0.6) is 5.75 Å². The van der Waals surface area contributed by atoms with Gasteiger partial charge >= 0.3 is 0 Å². The van der Waals surface area contributed by atoms with Gasteiger partial charge in [-0.1, -0.05) is 0 Å². The number of hydrazone groups is 1. The zero-order valence-corrected chi connectivity index (χ0v) is 10.9. The van der Waals surface area contributed by atoms with Gasteiger partial charge in [-0.25, -0.2) is 5.43 Å². The third kappa shape index (κ3) is 4.18. The van der Waals surface area contributed by atoms with Crippen molar-refractivity contribution in [2.45, 2.75) is 0 Å². The van der Waals surface area contributed by atoms with Gasteiger partial charge in [0.1, 0.15) is 5.75 Å². The van der Waals surface area contributed by atoms with Crippen LogP contribution in [0.2, 0.25) is 0 Å². The van der Waals surface area contributed by atoms with Crippen LogP contribution >= 0.6 is 0 Å². The monoisotopic (exact) mass is 273 g/mol. The normalized spacial score (nSPS) is 9.85. The number of pyridine rings is 1. The Morgan fingerprint density at radius 3 is 2.45 bits per heavy atom. The number of rotatable bonds is 4. The lowest BCUT2D eigenvalue weighted by Gasteiger charge is -2.01. The highest BCUT2D eigenvalue weighted by Gasteiger charge is 2.03. The van der Waals surface area contributed by atoms with Gasteiger partial charge in [0.25, 0.3) is 5.91 Å². The summed E-state index contributed by atoms with van der Waals surface area (Å²) in [7, 11) is 1.58. The van der Waals surface area contributed by atoms with Crippen LogP contribution in [0.15, 0.2) is 53.9 Å². The van der Waals surface area contributed by atoms with E-state index >= 15 is 0 Å². The van der Waals surface area contributed by atoms with Gasteiger partial charge < -0.3 is 10.2 Å². The standard InChI is InChI=1S/C14H13N3O2.H2O/c1-19-13-4-2-12(3-5-13)14(18)17-16-10-11-6-8-15-9-7-11;/h2-10H,1H3,(H,17,18);1H2/b16-10+;. The van der Waals surface area contributed by atoms with Gasteiger partial charge in [0.2, 0.25) is 0 Å². The Hall–Kier alpha value is -2.73. The number of aromatic nitrogens is 1. The molecule has 104 valence electrons. The first-order chi connectivity index (χ1) is 9.29. The fourth-order valence-corrected chi connectivity index (χ4v) is 1.42. The lowest BCUT2D eigenvalue weighted by Crippen LogP contribution is -2.17. The summed E-state index contributed by atoms with van der Waals surface area (Å²) in [6, 6.07) is 10.4. The number of nitrogens with zero attached hydrogens (tertiary/aromatic N) is 2. The molecule has 0 aliphatic carbocycles. The van der Waals surface area contributed by atoms with Gasteiger partial charge in [-0.2, -0.15) is 5.10 Å². The zero-order chi connectivity index (χ0) is 13.5. The molecule has 0 radical (unpaired) electrons. The quantitative estimate of drug-likeness (QED) is 0.665. The molecule has 2 aromatic rings. The first-order valence-electron chi connectivity index (χ1n) is 5.67. The minimum Gasteiger partial charge on any atom is -0.497 e. The molecule has 0 aliphatic heterocycles. The van der Waals surface area contributed by atoms with E-state index in [0.29, 0.717) is 11.3 Å². The summed E-state index contributed by atoms with van der Waals surface area (Å²) in [5.74, 6) is 0.435. The second-order valence-corrected chi connectivity index (χ2v) is 3.71. The molecule has 0 saturated heterocycles. The second kappa shape index (κ2) is 7.65. The van der Waals surface area contributed by atoms with E-state index in [1.54, 1.807) is 62.1 Å². The Balaban J connectivity index is 0.00000200. The Morgan fingerprint density at radius 1 is 1.20 bits per heavy atom. The van der Waals surface area contributed by atoms with E-state index in [9.17, 15) is 4.79 Å². The summed E-state index contributed by atoms with van der Waals surface area (Å²) in [6.45, 7) is 0. The maximum atomic E-state index is 11.8. The fourth-order valence-electron chi connectivity index (χ4n) is 1.42. The van der Waals surface area contributed by atoms with E-state index in [1.165, 1.54) is 0 Å². The molecule has 2 rings (SSSR count). The Labute approximate surface area is 116 Å². The average Bonchev–Trinajstić information content (AvgIpc) is 2.48. The molecule has 6 heteroatoms. The largest absolute Gasteiger partial charge is 0.497 e. The molecule has 0 fully saturated rings. The van der Waals surface area contributed by atoms with Crippen molar-refractivity contribution >= 4 is 12.1 Å². The number of hydrogen-bond donors (Lipinski definition) is 1. The van der Waals surface area contributed by atoms with Crippen LogP contribution in [0.1, 0.15) is 15.9 Å². The third-order valence-electron chi connectivity index (χ3n) is 2.44. The van der Waals surface area contributed by atoms with E-state index < -0.39 is 0 Å². The smallest absolute Gasteiger partial charge is 0.271 e. The molecule has 1 aromatic heterocycles. The highest BCUT2D eigenvalue weighted by molar-refractivity contribution is 5.94. The van der Waals surface area contributed by atoms with Crippen molar-refractivity contribution in [3.05, 3.63) is 59.9 Å². The SMILES string of the molecule is COc1ccc(C(=O)N/N=C/c2ccncc2)cc1.O. The van der Waals surface area contributed by atoms with Crippen LogP contribution in [-0.2, 0) is 0 Å². The van der Waals surface area contributed by atoms with Gasteiger partial charge in [0.15, 0.2) is 0 Å². The molecule has 0 aliphatic rings. The first kappa shape index (κ1) is 15.3. The van der Waals surface area contributed by atoms with Gasteiger partial charge in [-0.05, 0) is 42.0 Å². The number of ether oxygens (including phenoxy) is 1. The van der Waals surface area contributed by atoms with E-state index in [2.05, 4.69) is 15.5 Å². The van der Waals surface area contributed by atoms with E-state index in [4.69, 9.17) is 4.74 Å². The molecule has 3 N–H and O–H groups in total. The minimum atomic E-state index is -0.270. The topological polar surface area (TPSA) is 95.1 Å². The third-order valence-corrected chi connectivity index (χ3v) is 2.44. The predicted octanol–water partition coefficient (Wildman–Crippen LogP) is 1.03. The molecule has 0 spiro atoms. The molecule has 1 amide bonds. The number of carbonyl (C=O) groups excluding carboxylic acids is 1. The fraction of sp³-hybridized carbons (Fsp3) is 0.0714. The molecule has 0 atom stereocenters. The van der Waals surface area contributed by atoms with Gasteiger partial charge in [0, 0.05) is 18.0 Å². The molecule has 0 unspecified atom stereocenters. The number of benzene rings is 1. The molecule has 1 heterocycles. The summed E-state index contributed by atoms with van der Waals surface area (Å²) >= 11 is 0. The molecule has 1 aromatic carbocycles. The summed E-state index contributed by atoms with van der Waals surface area (Å²) in [5, 5.41) is 3.88. The maximum absolute atomic E-state index is 11.8. The van der Waals surface area contributed by atoms with Crippen molar-refractivity contribution in [1.29, 1.82) is 0 Å². The first-order valence-corrected chi connectivity index (χ1v) is 5.67. The average molecular weight is 273 g/mol. The summed E-state index contributed by atoms with van der Waals surface area (Å²) in [5.41, 5.74) is 3.84. The maximum Gasteiger partial charge on any atom is 0.271 e. The molecular weight excluding hydrogens is 258 g/mol. The lowest BCUT2D eigenvalue weighted by atomic mass is 10.2. The highest BCUT2D eigenvalue weighted by atomic mass is 16.5. The van der Waals surface area contributed by atoms with Crippen molar-refractivity contribution in [2.24, 2.45) is 5.10 Å². The van der Waals surface area contributed by atoms with Gasteiger partial charge in [0.05, 0.1) is 13.3 Å². The number of carbonyl (C=O) groups is 1. The summed E-state index contributed by atoms with van der Waals surface area (Å²) < 4.78 is 5.02. The van der Waals surface area contributed by atoms with Crippen LogP contribution in [0.4, 0.5) is 0 Å². The predicted molar refractivity (Wildman–Crippen MR) is 75.9 cm³/mol. The van der Waals surface area contributed by atoms with Crippen LogP contribution in [-0.4, -0.2) is 29.7 Å². The molecule has 6 nitrogen and oxygen atoms in total. The van der Waals surface area contributed by atoms with Gasteiger partial charge in [-0.3, -0.25) is 9.78 Å². The molecule has 0 bridgehead atoms. The van der Waals surface area contributed by atoms with Crippen molar-refractivity contribution in [2.75, 3.05) is 7.11 Å². The molecule has 20 heavy (non-hydrogen) atoms. The zero-order valence-electron chi connectivity index (χ0n) is 10.9. The summed E-state index contributed by atoms with van der Waals surface area (Å²) in [6.07, 6.45) is 4.88. The van der Waals surface area contributed by atoms with Crippen LogP contribution in [0, 0.1) is 0 Å². The molecular formula is C14H15N3O3.